The molecule has 0 radical (unpaired) electrons. The second-order valence-electron chi connectivity index (χ2n) is 10.5. The number of carbonyl (C=O) groups excluding carboxylic acids is 1. The van der Waals surface area contributed by atoms with Crippen LogP contribution in [0.25, 0.3) is 11.3 Å². The molecule has 2 fully saturated rings. The van der Waals surface area contributed by atoms with Crippen LogP contribution in [-0.4, -0.2) is 46.7 Å². The number of anilines is 2. The number of carbonyl (C=O) groups is 1. The molecule has 1 aromatic heterocycles. The van der Waals surface area contributed by atoms with Gasteiger partial charge in [0.1, 0.15) is 5.82 Å². The third kappa shape index (κ3) is 5.82. The summed E-state index contributed by atoms with van der Waals surface area (Å²) in [5.74, 6) is 2.41. The Labute approximate surface area is 185 Å². The Morgan fingerprint density at radius 3 is 2.26 bits per heavy atom. The van der Waals surface area contributed by atoms with Crippen molar-refractivity contribution < 1.29 is 4.79 Å². The van der Waals surface area contributed by atoms with Gasteiger partial charge in [0.15, 0.2) is 0 Å². The molecule has 2 aliphatic rings. The number of rotatable bonds is 6. The summed E-state index contributed by atoms with van der Waals surface area (Å²) >= 11 is 0. The highest BCUT2D eigenvalue weighted by atomic mass is 16.1. The minimum absolute atomic E-state index is 0.0726. The van der Waals surface area contributed by atoms with E-state index in [-0.39, 0.29) is 5.91 Å². The SMILES string of the molecule is CC(=O)Nc1ccc(-c2ccc(NC3CC4CN(CCC(C)(C)C)C[C@H]4C3)nn2)cc1. The first-order valence-corrected chi connectivity index (χ1v) is 11.5. The van der Waals surface area contributed by atoms with Crippen LogP contribution in [0.2, 0.25) is 0 Å². The van der Waals surface area contributed by atoms with Gasteiger partial charge in [-0.3, -0.25) is 4.79 Å². The molecular weight excluding hydrogens is 386 g/mol. The zero-order valence-electron chi connectivity index (χ0n) is 19.2. The molecule has 0 spiro atoms. The Bertz CT molecular complexity index is 874. The van der Waals surface area contributed by atoms with Crippen LogP contribution in [0.5, 0.6) is 0 Å². The molecule has 1 aromatic carbocycles. The maximum Gasteiger partial charge on any atom is 0.221 e. The first kappa shape index (κ1) is 21.8. The lowest BCUT2D eigenvalue weighted by Crippen LogP contribution is -2.28. The molecule has 1 saturated heterocycles. The fourth-order valence-corrected chi connectivity index (χ4v) is 4.89. The molecule has 2 aromatic rings. The predicted octanol–water partition coefficient (Wildman–Crippen LogP) is 4.66. The number of aromatic nitrogens is 2. The molecule has 31 heavy (non-hydrogen) atoms. The normalized spacial score (nSPS) is 23.5. The maximum atomic E-state index is 11.1. The average Bonchev–Trinajstić information content (AvgIpc) is 3.25. The Morgan fingerprint density at radius 1 is 1.03 bits per heavy atom. The third-order valence-electron chi connectivity index (χ3n) is 6.52. The van der Waals surface area contributed by atoms with Crippen molar-refractivity contribution in [2.24, 2.45) is 17.3 Å². The summed E-state index contributed by atoms with van der Waals surface area (Å²) in [4.78, 5) is 13.8. The summed E-state index contributed by atoms with van der Waals surface area (Å²) in [6.45, 7) is 12.2. The Hall–Kier alpha value is -2.47. The topological polar surface area (TPSA) is 70.2 Å². The van der Waals surface area contributed by atoms with Crippen molar-refractivity contribution in [2.75, 3.05) is 30.3 Å². The van der Waals surface area contributed by atoms with Gasteiger partial charge < -0.3 is 15.5 Å². The van der Waals surface area contributed by atoms with Crippen molar-refractivity contribution in [3.8, 4) is 11.3 Å². The van der Waals surface area contributed by atoms with E-state index in [9.17, 15) is 4.79 Å². The highest BCUT2D eigenvalue weighted by molar-refractivity contribution is 5.88. The van der Waals surface area contributed by atoms with E-state index in [1.165, 1.54) is 45.8 Å². The number of likely N-dealkylation sites (tertiary alicyclic amines) is 1. The smallest absolute Gasteiger partial charge is 0.221 e. The summed E-state index contributed by atoms with van der Waals surface area (Å²) in [7, 11) is 0. The van der Waals surface area contributed by atoms with E-state index in [0.717, 1.165) is 34.6 Å². The molecule has 2 N–H and O–H groups in total. The van der Waals surface area contributed by atoms with Gasteiger partial charge in [-0.1, -0.05) is 32.9 Å². The van der Waals surface area contributed by atoms with Crippen molar-refractivity contribution in [3.05, 3.63) is 36.4 Å². The number of fused-ring (bicyclic) bond motifs is 1. The average molecular weight is 422 g/mol. The van der Waals surface area contributed by atoms with Crippen LogP contribution < -0.4 is 10.6 Å². The quantitative estimate of drug-likeness (QED) is 0.710. The number of nitrogens with zero attached hydrogens (tertiary/aromatic N) is 3. The van der Waals surface area contributed by atoms with Gasteiger partial charge in [0.05, 0.1) is 5.69 Å². The van der Waals surface area contributed by atoms with Gasteiger partial charge >= 0.3 is 0 Å². The summed E-state index contributed by atoms with van der Waals surface area (Å²) in [5, 5.41) is 15.2. The zero-order valence-corrected chi connectivity index (χ0v) is 19.2. The van der Waals surface area contributed by atoms with Crippen LogP contribution in [0.4, 0.5) is 11.5 Å². The molecule has 6 heteroatoms. The van der Waals surface area contributed by atoms with Crippen LogP contribution in [0.3, 0.4) is 0 Å². The lowest BCUT2D eigenvalue weighted by Gasteiger charge is -2.24. The highest BCUT2D eigenvalue weighted by Gasteiger charge is 2.40. The van der Waals surface area contributed by atoms with Gasteiger partial charge in [-0.15, -0.1) is 10.2 Å². The monoisotopic (exact) mass is 421 g/mol. The number of nitrogens with one attached hydrogen (secondary N) is 2. The van der Waals surface area contributed by atoms with E-state index in [2.05, 4.69) is 46.5 Å². The highest BCUT2D eigenvalue weighted by Crippen LogP contribution is 2.39. The molecular formula is C25H35N5O. The molecule has 1 amide bonds. The minimum atomic E-state index is -0.0726. The van der Waals surface area contributed by atoms with E-state index in [1.807, 2.05) is 36.4 Å². The maximum absolute atomic E-state index is 11.1. The van der Waals surface area contributed by atoms with Gasteiger partial charge in [-0.05, 0) is 67.3 Å². The Balaban J connectivity index is 1.27. The molecule has 1 aliphatic heterocycles. The summed E-state index contributed by atoms with van der Waals surface area (Å²) in [6.07, 6.45) is 3.72. The zero-order chi connectivity index (χ0) is 22.0. The molecule has 2 heterocycles. The van der Waals surface area contributed by atoms with Crippen LogP contribution in [0.15, 0.2) is 36.4 Å². The fraction of sp³-hybridized carbons (Fsp3) is 0.560. The van der Waals surface area contributed by atoms with Gasteiger partial charge in [0.25, 0.3) is 0 Å². The number of amides is 1. The molecule has 0 bridgehead atoms. The van der Waals surface area contributed by atoms with Crippen molar-refractivity contribution in [3.63, 3.8) is 0 Å². The van der Waals surface area contributed by atoms with Gasteiger partial charge in [0, 0.05) is 37.3 Å². The van der Waals surface area contributed by atoms with E-state index in [0.29, 0.717) is 11.5 Å². The predicted molar refractivity (Wildman–Crippen MR) is 126 cm³/mol. The van der Waals surface area contributed by atoms with Crippen molar-refractivity contribution in [1.29, 1.82) is 0 Å². The lowest BCUT2D eigenvalue weighted by atomic mass is 9.92. The second kappa shape index (κ2) is 8.95. The molecule has 3 atom stereocenters. The Morgan fingerprint density at radius 2 is 1.71 bits per heavy atom. The summed E-state index contributed by atoms with van der Waals surface area (Å²) in [5.41, 5.74) is 3.02. The molecule has 4 rings (SSSR count). The number of benzene rings is 1. The van der Waals surface area contributed by atoms with E-state index in [1.54, 1.807) is 0 Å². The van der Waals surface area contributed by atoms with E-state index < -0.39 is 0 Å². The summed E-state index contributed by atoms with van der Waals surface area (Å²) < 4.78 is 0. The molecule has 166 valence electrons. The van der Waals surface area contributed by atoms with Gasteiger partial charge in [-0.25, -0.2) is 0 Å². The largest absolute Gasteiger partial charge is 0.366 e. The molecule has 6 nitrogen and oxygen atoms in total. The van der Waals surface area contributed by atoms with Crippen molar-refractivity contribution in [2.45, 2.75) is 53.0 Å². The van der Waals surface area contributed by atoms with Crippen LogP contribution in [-0.2, 0) is 4.79 Å². The van der Waals surface area contributed by atoms with Crippen molar-refractivity contribution >= 4 is 17.4 Å². The van der Waals surface area contributed by atoms with Crippen LogP contribution in [0.1, 0.15) is 47.0 Å². The third-order valence-corrected chi connectivity index (χ3v) is 6.52. The standard InChI is InChI=1S/C25H35N5O/c1-17(31)26-21-7-5-18(6-8-21)23-9-10-24(29-28-23)27-22-13-19-15-30(16-20(19)14-22)12-11-25(2,3)4/h5-10,19-20,22H,11-16H2,1-4H3,(H,26,31)(H,27,29)/t19-,20?,22?/m1/s1. The van der Waals surface area contributed by atoms with Crippen LogP contribution >= 0.6 is 0 Å². The van der Waals surface area contributed by atoms with Crippen molar-refractivity contribution in [1.82, 2.24) is 15.1 Å². The number of hydrogen-bond acceptors (Lipinski definition) is 5. The molecule has 1 saturated carbocycles. The van der Waals surface area contributed by atoms with Gasteiger partial charge in [0.2, 0.25) is 5.91 Å². The van der Waals surface area contributed by atoms with E-state index >= 15 is 0 Å². The van der Waals surface area contributed by atoms with Crippen LogP contribution in [0, 0.1) is 17.3 Å². The lowest BCUT2D eigenvalue weighted by molar-refractivity contribution is -0.114. The minimum Gasteiger partial charge on any atom is -0.366 e. The first-order valence-electron chi connectivity index (χ1n) is 11.5. The fourth-order valence-electron chi connectivity index (χ4n) is 4.89. The number of hydrogen-bond donors (Lipinski definition) is 2. The Kier molecular flexibility index (Phi) is 6.28. The van der Waals surface area contributed by atoms with E-state index in [4.69, 9.17) is 0 Å². The first-order chi connectivity index (χ1) is 14.7. The summed E-state index contributed by atoms with van der Waals surface area (Å²) in [6, 6.07) is 12.2. The molecule has 1 aliphatic carbocycles. The molecule has 2 unspecified atom stereocenters. The van der Waals surface area contributed by atoms with Gasteiger partial charge in [-0.2, -0.15) is 0 Å². The second-order valence-corrected chi connectivity index (χ2v) is 10.5.